The quantitative estimate of drug-likeness (QED) is 0.472. The SMILES string of the molecule is C[C@@H]1C[C@H](OC(=O)c2ccc(N3CCCC3)c([N+](=O)[O-])c2)C(=O)O1. The van der Waals surface area contributed by atoms with Crippen LogP contribution in [0.5, 0.6) is 0 Å². The Bertz CT molecular complexity index is 683. The maximum Gasteiger partial charge on any atom is 0.347 e. The second kappa shape index (κ2) is 6.46. The van der Waals surface area contributed by atoms with Crippen LogP contribution < -0.4 is 4.90 Å². The maximum absolute atomic E-state index is 12.2. The molecular weight excluding hydrogens is 316 g/mol. The van der Waals surface area contributed by atoms with E-state index in [-0.39, 0.29) is 17.4 Å². The Labute approximate surface area is 138 Å². The minimum Gasteiger partial charge on any atom is -0.460 e. The lowest BCUT2D eigenvalue weighted by Gasteiger charge is -2.17. The lowest BCUT2D eigenvalue weighted by atomic mass is 10.1. The van der Waals surface area contributed by atoms with E-state index in [9.17, 15) is 19.7 Å². The highest BCUT2D eigenvalue weighted by Gasteiger charge is 2.35. The highest BCUT2D eigenvalue weighted by Crippen LogP contribution is 2.32. The van der Waals surface area contributed by atoms with E-state index in [1.807, 2.05) is 4.90 Å². The molecule has 1 aromatic rings. The zero-order chi connectivity index (χ0) is 17.3. The first kappa shape index (κ1) is 16.2. The Hall–Kier alpha value is -2.64. The van der Waals surface area contributed by atoms with E-state index in [2.05, 4.69) is 0 Å². The van der Waals surface area contributed by atoms with Crippen molar-refractivity contribution in [2.75, 3.05) is 18.0 Å². The highest BCUT2D eigenvalue weighted by atomic mass is 16.6. The average Bonchev–Trinajstić information content (AvgIpc) is 3.17. The summed E-state index contributed by atoms with van der Waals surface area (Å²) in [5, 5.41) is 11.3. The summed E-state index contributed by atoms with van der Waals surface area (Å²) in [4.78, 5) is 36.5. The number of rotatable bonds is 4. The van der Waals surface area contributed by atoms with Gasteiger partial charge in [-0.2, -0.15) is 0 Å². The standard InChI is InChI=1S/C16H18N2O6/c1-10-8-14(16(20)23-10)24-15(19)11-4-5-12(13(9-11)18(21)22)17-6-2-3-7-17/h4-5,9-10,14H,2-3,6-8H2,1H3/t10-,14+/m1/s1. The predicted molar refractivity (Wildman–Crippen MR) is 83.9 cm³/mol. The Kier molecular flexibility index (Phi) is 4.37. The van der Waals surface area contributed by atoms with Gasteiger partial charge in [0.15, 0.2) is 0 Å². The molecule has 1 aromatic carbocycles. The number of carbonyl (C=O) groups is 2. The lowest BCUT2D eigenvalue weighted by molar-refractivity contribution is -0.384. The molecule has 2 fully saturated rings. The van der Waals surface area contributed by atoms with Crippen LogP contribution in [0.1, 0.15) is 36.5 Å². The van der Waals surface area contributed by atoms with Gasteiger partial charge in [-0.1, -0.05) is 0 Å². The van der Waals surface area contributed by atoms with E-state index in [0.717, 1.165) is 25.9 Å². The summed E-state index contributed by atoms with van der Waals surface area (Å²) in [7, 11) is 0. The predicted octanol–water partition coefficient (Wildman–Crippen LogP) is 2.06. The summed E-state index contributed by atoms with van der Waals surface area (Å²) < 4.78 is 10.1. The molecule has 0 saturated carbocycles. The van der Waals surface area contributed by atoms with Crippen LogP contribution in [-0.4, -0.2) is 42.2 Å². The van der Waals surface area contributed by atoms with Gasteiger partial charge in [-0.25, -0.2) is 9.59 Å². The number of nitrogens with zero attached hydrogens (tertiary/aromatic N) is 2. The first-order chi connectivity index (χ1) is 11.5. The van der Waals surface area contributed by atoms with E-state index in [4.69, 9.17) is 9.47 Å². The third-order valence-corrected chi connectivity index (χ3v) is 4.23. The summed E-state index contributed by atoms with van der Waals surface area (Å²) in [5.74, 6) is -1.35. The number of esters is 2. The summed E-state index contributed by atoms with van der Waals surface area (Å²) in [6, 6.07) is 4.27. The van der Waals surface area contributed by atoms with Crippen LogP contribution in [0.2, 0.25) is 0 Å². The third-order valence-electron chi connectivity index (χ3n) is 4.23. The van der Waals surface area contributed by atoms with Crippen molar-refractivity contribution in [1.29, 1.82) is 0 Å². The zero-order valence-electron chi connectivity index (χ0n) is 13.3. The molecule has 0 amide bonds. The van der Waals surface area contributed by atoms with Crippen LogP contribution in [-0.2, 0) is 14.3 Å². The molecule has 0 unspecified atom stereocenters. The number of hydrogen-bond acceptors (Lipinski definition) is 7. The maximum atomic E-state index is 12.2. The summed E-state index contributed by atoms with van der Waals surface area (Å²) in [6.07, 6.45) is 1.01. The van der Waals surface area contributed by atoms with Gasteiger partial charge < -0.3 is 14.4 Å². The molecule has 2 aliphatic rings. The molecule has 0 spiro atoms. The van der Waals surface area contributed by atoms with Gasteiger partial charge in [0.05, 0.1) is 10.5 Å². The topological polar surface area (TPSA) is 99.0 Å². The molecule has 24 heavy (non-hydrogen) atoms. The van der Waals surface area contributed by atoms with Crippen molar-refractivity contribution in [3.8, 4) is 0 Å². The third kappa shape index (κ3) is 3.17. The smallest absolute Gasteiger partial charge is 0.347 e. The molecule has 128 valence electrons. The zero-order valence-corrected chi connectivity index (χ0v) is 13.3. The Morgan fingerprint density at radius 2 is 2.08 bits per heavy atom. The van der Waals surface area contributed by atoms with Gasteiger partial charge in [-0.3, -0.25) is 10.1 Å². The fourth-order valence-electron chi connectivity index (χ4n) is 3.04. The van der Waals surface area contributed by atoms with Crippen LogP contribution in [0.4, 0.5) is 11.4 Å². The first-order valence-electron chi connectivity index (χ1n) is 7.90. The van der Waals surface area contributed by atoms with Crippen molar-refractivity contribution in [2.24, 2.45) is 0 Å². The van der Waals surface area contributed by atoms with Crippen LogP contribution in [0.15, 0.2) is 18.2 Å². The molecule has 0 bridgehead atoms. The molecule has 0 aliphatic carbocycles. The first-order valence-corrected chi connectivity index (χ1v) is 7.90. The van der Waals surface area contributed by atoms with Crippen molar-refractivity contribution in [3.05, 3.63) is 33.9 Å². The van der Waals surface area contributed by atoms with Crippen molar-refractivity contribution in [3.63, 3.8) is 0 Å². The summed E-state index contributed by atoms with van der Waals surface area (Å²) in [6.45, 7) is 3.23. The van der Waals surface area contributed by atoms with Gasteiger partial charge in [-0.15, -0.1) is 0 Å². The van der Waals surface area contributed by atoms with Crippen molar-refractivity contribution < 1.29 is 24.0 Å². The molecule has 2 aliphatic heterocycles. The second-order valence-electron chi connectivity index (χ2n) is 6.03. The summed E-state index contributed by atoms with van der Waals surface area (Å²) in [5.41, 5.74) is 0.425. The number of anilines is 1. The largest absolute Gasteiger partial charge is 0.460 e. The fraction of sp³-hybridized carbons (Fsp3) is 0.500. The Balaban J connectivity index is 1.80. The van der Waals surface area contributed by atoms with Gasteiger partial charge in [-0.05, 0) is 31.9 Å². The van der Waals surface area contributed by atoms with Crippen LogP contribution in [0.25, 0.3) is 0 Å². The van der Waals surface area contributed by atoms with Crippen molar-refractivity contribution in [1.82, 2.24) is 0 Å². The van der Waals surface area contributed by atoms with Crippen LogP contribution in [0.3, 0.4) is 0 Å². The van der Waals surface area contributed by atoms with E-state index in [1.54, 1.807) is 13.0 Å². The van der Waals surface area contributed by atoms with Crippen LogP contribution in [0, 0.1) is 10.1 Å². The number of ether oxygens (including phenoxy) is 2. The number of carbonyl (C=O) groups excluding carboxylic acids is 2. The van der Waals surface area contributed by atoms with E-state index < -0.39 is 23.0 Å². The number of cyclic esters (lactones) is 1. The molecule has 0 N–H and O–H groups in total. The van der Waals surface area contributed by atoms with Crippen molar-refractivity contribution in [2.45, 2.75) is 38.4 Å². The average molecular weight is 334 g/mol. The molecule has 8 nitrogen and oxygen atoms in total. The van der Waals surface area contributed by atoms with Gasteiger partial charge in [0, 0.05) is 25.6 Å². The molecule has 2 saturated heterocycles. The minimum atomic E-state index is -0.954. The van der Waals surface area contributed by atoms with Gasteiger partial charge in [0.1, 0.15) is 11.8 Å². The van der Waals surface area contributed by atoms with E-state index in [1.165, 1.54) is 12.1 Å². The number of hydrogen-bond donors (Lipinski definition) is 0. The number of nitro benzene ring substituents is 1. The van der Waals surface area contributed by atoms with Crippen molar-refractivity contribution >= 4 is 23.3 Å². The number of nitro groups is 1. The molecular formula is C16H18N2O6. The summed E-state index contributed by atoms with van der Waals surface area (Å²) >= 11 is 0. The van der Waals surface area contributed by atoms with E-state index >= 15 is 0 Å². The van der Waals surface area contributed by atoms with Gasteiger partial charge in [0.2, 0.25) is 6.10 Å². The second-order valence-corrected chi connectivity index (χ2v) is 6.03. The minimum absolute atomic E-state index is 0.0528. The Morgan fingerprint density at radius 1 is 1.38 bits per heavy atom. The fourth-order valence-corrected chi connectivity index (χ4v) is 3.04. The van der Waals surface area contributed by atoms with Gasteiger partial charge >= 0.3 is 11.9 Å². The van der Waals surface area contributed by atoms with Crippen LogP contribution >= 0.6 is 0 Å². The normalized spacial score (nSPS) is 23.2. The molecule has 8 heteroatoms. The Morgan fingerprint density at radius 3 is 2.67 bits per heavy atom. The molecule has 0 aromatic heterocycles. The molecule has 2 atom stereocenters. The highest BCUT2D eigenvalue weighted by molar-refractivity contribution is 5.93. The number of benzene rings is 1. The van der Waals surface area contributed by atoms with E-state index in [0.29, 0.717) is 12.1 Å². The van der Waals surface area contributed by atoms with Gasteiger partial charge in [0.25, 0.3) is 5.69 Å². The molecule has 0 radical (unpaired) electrons. The molecule has 3 rings (SSSR count). The molecule has 2 heterocycles. The monoisotopic (exact) mass is 334 g/mol. The lowest BCUT2D eigenvalue weighted by Crippen LogP contribution is -2.23.